The fourth-order valence-corrected chi connectivity index (χ4v) is 2.30. The van der Waals surface area contributed by atoms with Crippen LogP contribution in [-0.2, 0) is 4.79 Å². The van der Waals surface area contributed by atoms with Gasteiger partial charge in [0.25, 0.3) is 0 Å². The Kier molecular flexibility index (Phi) is 4.00. The normalized spacial score (nSPS) is 10.6. The maximum Gasteiger partial charge on any atom is 0.233 e. The summed E-state index contributed by atoms with van der Waals surface area (Å²) in [7, 11) is 0. The molecular formula is C11H14N4OS. The number of rotatable bonds is 5. The van der Waals surface area contributed by atoms with Crippen LogP contribution in [0.25, 0.3) is 11.0 Å². The van der Waals surface area contributed by atoms with Crippen LogP contribution in [0.15, 0.2) is 29.4 Å². The van der Waals surface area contributed by atoms with E-state index in [2.05, 4.69) is 15.4 Å². The van der Waals surface area contributed by atoms with Crippen LogP contribution in [-0.4, -0.2) is 21.6 Å². The summed E-state index contributed by atoms with van der Waals surface area (Å²) in [5, 5.41) is 0.888. The molecule has 2 rings (SSSR count). The molecular weight excluding hydrogens is 236 g/mol. The molecule has 0 atom stereocenters. The molecule has 1 aromatic heterocycles. The van der Waals surface area contributed by atoms with Crippen molar-refractivity contribution >= 4 is 28.7 Å². The van der Waals surface area contributed by atoms with E-state index in [1.807, 2.05) is 24.3 Å². The summed E-state index contributed by atoms with van der Waals surface area (Å²) in [6.45, 7) is 0. The van der Waals surface area contributed by atoms with E-state index in [0.29, 0.717) is 6.42 Å². The van der Waals surface area contributed by atoms with E-state index >= 15 is 0 Å². The molecule has 0 spiro atoms. The van der Waals surface area contributed by atoms with Gasteiger partial charge in [-0.05, 0) is 18.6 Å². The van der Waals surface area contributed by atoms with Gasteiger partial charge in [-0.2, -0.15) is 0 Å². The van der Waals surface area contributed by atoms with Crippen molar-refractivity contribution in [2.24, 2.45) is 5.84 Å². The number of amides is 1. The van der Waals surface area contributed by atoms with Crippen LogP contribution in [0.3, 0.4) is 0 Å². The average Bonchev–Trinajstić information content (AvgIpc) is 2.76. The van der Waals surface area contributed by atoms with Crippen molar-refractivity contribution in [1.82, 2.24) is 15.4 Å². The number of para-hydroxylation sites is 2. The lowest BCUT2D eigenvalue weighted by Crippen LogP contribution is -2.29. The molecule has 2 aromatic rings. The minimum Gasteiger partial charge on any atom is -0.333 e. The van der Waals surface area contributed by atoms with Crippen molar-refractivity contribution in [1.29, 1.82) is 0 Å². The lowest BCUT2D eigenvalue weighted by molar-refractivity contribution is -0.121. The van der Waals surface area contributed by atoms with Crippen LogP contribution < -0.4 is 11.3 Å². The standard InChI is InChI=1S/C11H14N4OS/c12-15-10(16)6-3-7-17-11-13-8-4-1-2-5-9(8)14-11/h1-2,4-5H,3,6-7,12H2,(H,13,14)(H,15,16). The molecule has 0 unspecified atom stereocenters. The Labute approximate surface area is 103 Å². The zero-order valence-corrected chi connectivity index (χ0v) is 10.1. The quantitative estimate of drug-likeness (QED) is 0.246. The number of nitrogens with one attached hydrogen (secondary N) is 2. The molecule has 90 valence electrons. The van der Waals surface area contributed by atoms with Gasteiger partial charge in [0.2, 0.25) is 5.91 Å². The summed E-state index contributed by atoms with van der Waals surface area (Å²) in [4.78, 5) is 18.6. The first-order chi connectivity index (χ1) is 8.29. The second-order valence-corrected chi connectivity index (χ2v) is 4.66. The molecule has 6 heteroatoms. The van der Waals surface area contributed by atoms with Crippen molar-refractivity contribution in [3.63, 3.8) is 0 Å². The van der Waals surface area contributed by atoms with Crippen molar-refractivity contribution in [2.45, 2.75) is 18.0 Å². The molecule has 1 amide bonds. The number of aromatic nitrogens is 2. The Hall–Kier alpha value is -1.53. The third-order valence-electron chi connectivity index (χ3n) is 2.32. The van der Waals surface area contributed by atoms with Crippen LogP contribution in [0.1, 0.15) is 12.8 Å². The SMILES string of the molecule is NNC(=O)CCCSc1nc2ccccc2[nH]1. The molecule has 0 saturated carbocycles. The molecule has 0 fully saturated rings. The average molecular weight is 250 g/mol. The lowest BCUT2D eigenvalue weighted by Gasteiger charge is -1.98. The number of carbonyl (C=O) groups is 1. The highest BCUT2D eigenvalue weighted by molar-refractivity contribution is 7.99. The van der Waals surface area contributed by atoms with E-state index in [4.69, 9.17) is 5.84 Å². The van der Waals surface area contributed by atoms with Crippen molar-refractivity contribution in [3.8, 4) is 0 Å². The predicted molar refractivity (Wildman–Crippen MR) is 68.4 cm³/mol. The molecule has 5 nitrogen and oxygen atoms in total. The molecule has 0 aliphatic carbocycles. The molecule has 0 aliphatic rings. The number of thioether (sulfide) groups is 1. The van der Waals surface area contributed by atoms with Crippen molar-refractivity contribution in [3.05, 3.63) is 24.3 Å². The number of imidazole rings is 1. The van der Waals surface area contributed by atoms with Gasteiger partial charge in [-0.3, -0.25) is 10.2 Å². The summed E-state index contributed by atoms with van der Waals surface area (Å²) in [5.41, 5.74) is 4.12. The summed E-state index contributed by atoms with van der Waals surface area (Å²) in [6, 6.07) is 7.90. The van der Waals surface area contributed by atoms with Crippen LogP contribution in [0.5, 0.6) is 0 Å². The second-order valence-electron chi connectivity index (χ2n) is 3.58. The monoisotopic (exact) mass is 250 g/mol. The third kappa shape index (κ3) is 3.21. The van der Waals surface area contributed by atoms with E-state index in [0.717, 1.165) is 28.4 Å². The highest BCUT2D eigenvalue weighted by atomic mass is 32.2. The molecule has 4 N–H and O–H groups in total. The summed E-state index contributed by atoms with van der Waals surface area (Å²) in [5.74, 6) is 5.70. The Bertz CT molecular complexity index is 478. The third-order valence-corrected chi connectivity index (χ3v) is 3.28. The van der Waals surface area contributed by atoms with E-state index in [9.17, 15) is 4.79 Å². The first-order valence-electron chi connectivity index (χ1n) is 5.36. The number of aromatic amines is 1. The zero-order chi connectivity index (χ0) is 12.1. The number of hydrogen-bond acceptors (Lipinski definition) is 4. The first kappa shape index (κ1) is 11.9. The largest absolute Gasteiger partial charge is 0.333 e. The summed E-state index contributed by atoms with van der Waals surface area (Å²) in [6.07, 6.45) is 1.23. The summed E-state index contributed by atoms with van der Waals surface area (Å²) >= 11 is 1.61. The van der Waals surface area contributed by atoms with Crippen molar-refractivity contribution in [2.75, 3.05) is 5.75 Å². The van der Waals surface area contributed by atoms with Gasteiger partial charge >= 0.3 is 0 Å². The number of H-pyrrole nitrogens is 1. The van der Waals surface area contributed by atoms with Crippen molar-refractivity contribution < 1.29 is 4.79 Å². The predicted octanol–water partition coefficient (Wildman–Crippen LogP) is 1.43. The molecule has 1 heterocycles. The maximum absolute atomic E-state index is 10.9. The fourth-order valence-electron chi connectivity index (χ4n) is 1.47. The molecule has 0 radical (unpaired) electrons. The maximum atomic E-state index is 10.9. The van der Waals surface area contributed by atoms with E-state index in [1.54, 1.807) is 11.8 Å². The van der Waals surface area contributed by atoms with Gasteiger partial charge in [0, 0.05) is 12.2 Å². The molecule has 17 heavy (non-hydrogen) atoms. The smallest absolute Gasteiger partial charge is 0.233 e. The molecule has 0 bridgehead atoms. The second kappa shape index (κ2) is 5.70. The van der Waals surface area contributed by atoms with Crippen LogP contribution in [0.2, 0.25) is 0 Å². The van der Waals surface area contributed by atoms with Gasteiger partial charge in [-0.1, -0.05) is 23.9 Å². The molecule has 0 aliphatic heterocycles. The number of benzene rings is 1. The zero-order valence-electron chi connectivity index (χ0n) is 9.27. The van der Waals surface area contributed by atoms with E-state index in [-0.39, 0.29) is 5.91 Å². The number of hydrazine groups is 1. The highest BCUT2D eigenvalue weighted by Gasteiger charge is 2.03. The van der Waals surface area contributed by atoms with Gasteiger partial charge in [0.05, 0.1) is 11.0 Å². The highest BCUT2D eigenvalue weighted by Crippen LogP contribution is 2.19. The number of nitrogens with zero attached hydrogens (tertiary/aromatic N) is 1. The fraction of sp³-hybridized carbons (Fsp3) is 0.273. The number of fused-ring (bicyclic) bond motifs is 1. The molecule has 1 aromatic carbocycles. The van der Waals surface area contributed by atoms with Gasteiger partial charge in [-0.15, -0.1) is 0 Å². The van der Waals surface area contributed by atoms with Gasteiger partial charge in [0.1, 0.15) is 0 Å². The molecule has 0 saturated heterocycles. The topological polar surface area (TPSA) is 83.8 Å². The van der Waals surface area contributed by atoms with Gasteiger partial charge in [-0.25, -0.2) is 10.8 Å². The Morgan fingerprint density at radius 2 is 2.29 bits per heavy atom. The van der Waals surface area contributed by atoms with Crippen LogP contribution in [0, 0.1) is 0 Å². The Balaban J connectivity index is 1.85. The first-order valence-corrected chi connectivity index (χ1v) is 6.35. The number of nitrogens with two attached hydrogens (primary N) is 1. The Morgan fingerprint density at radius 3 is 3.06 bits per heavy atom. The van der Waals surface area contributed by atoms with Crippen LogP contribution in [0.4, 0.5) is 0 Å². The van der Waals surface area contributed by atoms with E-state index < -0.39 is 0 Å². The Morgan fingerprint density at radius 1 is 1.47 bits per heavy atom. The van der Waals surface area contributed by atoms with E-state index in [1.165, 1.54) is 0 Å². The van der Waals surface area contributed by atoms with Crippen LogP contribution >= 0.6 is 11.8 Å². The minimum absolute atomic E-state index is 0.129. The van der Waals surface area contributed by atoms with Gasteiger partial charge < -0.3 is 4.98 Å². The van der Waals surface area contributed by atoms with Gasteiger partial charge in [0.15, 0.2) is 5.16 Å². The lowest BCUT2D eigenvalue weighted by atomic mass is 10.3. The number of hydrogen-bond donors (Lipinski definition) is 3. The number of carbonyl (C=O) groups excluding carboxylic acids is 1. The minimum atomic E-state index is -0.129. The summed E-state index contributed by atoms with van der Waals surface area (Å²) < 4.78 is 0.